The molecule has 0 unspecified atom stereocenters. The first kappa shape index (κ1) is 13.9. The van der Waals surface area contributed by atoms with Crippen LogP contribution in [0.25, 0.3) is 0 Å². The van der Waals surface area contributed by atoms with E-state index in [1.807, 2.05) is 32.6 Å². The van der Waals surface area contributed by atoms with Gasteiger partial charge in [-0.2, -0.15) is 4.37 Å². The Labute approximate surface area is 106 Å². The molecule has 6 heteroatoms. The summed E-state index contributed by atoms with van der Waals surface area (Å²) >= 11 is 1.34. The molecule has 1 aromatic heterocycles. The highest BCUT2D eigenvalue weighted by molar-refractivity contribution is 7.09. The Morgan fingerprint density at radius 2 is 2.06 bits per heavy atom. The van der Waals surface area contributed by atoms with Crippen molar-refractivity contribution in [1.82, 2.24) is 9.36 Å². The Hall–Kier alpha value is -1.17. The SMILES string of the molecule is CC(C)c1nsc(N(CCC(=O)O)C(C)C)n1. The Bertz CT molecular complexity index is 377. The van der Waals surface area contributed by atoms with Gasteiger partial charge in [-0.3, -0.25) is 4.79 Å². The lowest BCUT2D eigenvalue weighted by atomic mass is 10.2. The van der Waals surface area contributed by atoms with Gasteiger partial charge in [0.05, 0.1) is 6.42 Å². The van der Waals surface area contributed by atoms with E-state index in [0.717, 1.165) is 11.0 Å². The number of anilines is 1. The summed E-state index contributed by atoms with van der Waals surface area (Å²) in [5, 5.41) is 9.54. The van der Waals surface area contributed by atoms with Gasteiger partial charge in [-0.1, -0.05) is 13.8 Å². The second kappa shape index (κ2) is 5.95. The van der Waals surface area contributed by atoms with Gasteiger partial charge in [0.25, 0.3) is 0 Å². The van der Waals surface area contributed by atoms with Gasteiger partial charge in [-0.15, -0.1) is 0 Å². The molecule has 1 N–H and O–H groups in total. The molecule has 0 bridgehead atoms. The lowest BCUT2D eigenvalue weighted by Crippen LogP contribution is -2.32. The third-order valence-corrected chi connectivity index (χ3v) is 3.15. The third-order valence-electron chi connectivity index (χ3n) is 2.38. The summed E-state index contributed by atoms with van der Waals surface area (Å²) in [6.07, 6.45) is 0.120. The van der Waals surface area contributed by atoms with Gasteiger partial charge in [-0.05, 0) is 13.8 Å². The van der Waals surface area contributed by atoms with E-state index >= 15 is 0 Å². The molecule has 1 rings (SSSR count). The van der Waals surface area contributed by atoms with Gasteiger partial charge in [-0.25, -0.2) is 4.98 Å². The first-order chi connectivity index (χ1) is 7.91. The molecule has 17 heavy (non-hydrogen) atoms. The Morgan fingerprint density at radius 3 is 2.47 bits per heavy atom. The molecule has 0 fully saturated rings. The van der Waals surface area contributed by atoms with E-state index in [-0.39, 0.29) is 12.5 Å². The molecular formula is C11H19N3O2S. The number of aliphatic carboxylic acids is 1. The van der Waals surface area contributed by atoms with E-state index in [2.05, 4.69) is 9.36 Å². The number of carboxylic acid groups (broad SMARTS) is 1. The number of hydrogen-bond donors (Lipinski definition) is 1. The van der Waals surface area contributed by atoms with E-state index in [1.165, 1.54) is 11.5 Å². The van der Waals surface area contributed by atoms with E-state index in [0.29, 0.717) is 12.5 Å². The summed E-state index contributed by atoms with van der Waals surface area (Å²) in [4.78, 5) is 17.0. The molecule has 5 nitrogen and oxygen atoms in total. The zero-order valence-electron chi connectivity index (χ0n) is 10.7. The summed E-state index contributed by atoms with van der Waals surface area (Å²) < 4.78 is 4.29. The van der Waals surface area contributed by atoms with Crippen LogP contribution in [0.2, 0.25) is 0 Å². The predicted octanol–water partition coefficient (Wildman–Crippen LogP) is 2.35. The first-order valence-corrected chi connectivity index (χ1v) is 6.51. The number of carboxylic acids is 1. The lowest BCUT2D eigenvalue weighted by Gasteiger charge is -2.24. The number of rotatable bonds is 6. The van der Waals surface area contributed by atoms with Crippen LogP contribution in [0.3, 0.4) is 0 Å². The van der Waals surface area contributed by atoms with Crippen LogP contribution in [-0.2, 0) is 4.79 Å². The largest absolute Gasteiger partial charge is 0.481 e. The van der Waals surface area contributed by atoms with Crippen LogP contribution in [0.15, 0.2) is 0 Å². The van der Waals surface area contributed by atoms with Crippen LogP contribution >= 0.6 is 11.5 Å². The molecule has 1 heterocycles. The van der Waals surface area contributed by atoms with E-state index in [1.54, 1.807) is 0 Å². The van der Waals surface area contributed by atoms with Crippen molar-refractivity contribution >= 4 is 22.6 Å². The molecule has 0 amide bonds. The summed E-state index contributed by atoms with van der Waals surface area (Å²) in [7, 11) is 0. The fourth-order valence-corrected chi connectivity index (χ4v) is 2.34. The zero-order chi connectivity index (χ0) is 13.0. The molecule has 0 aliphatic heterocycles. The fraction of sp³-hybridized carbons (Fsp3) is 0.727. The van der Waals surface area contributed by atoms with Crippen LogP contribution in [0.1, 0.15) is 45.9 Å². The van der Waals surface area contributed by atoms with Gasteiger partial charge in [0, 0.05) is 30.0 Å². The average Bonchev–Trinajstić information content (AvgIpc) is 2.66. The lowest BCUT2D eigenvalue weighted by molar-refractivity contribution is -0.136. The smallest absolute Gasteiger partial charge is 0.305 e. The highest BCUT2D eigenvalue weighted by atomic mass is 32.1. The number of nitrogens with zero attached hydrogens (tertiary/aromatic N) is 3. The topological polar surface area (TPSA) is 66.3 Å². The van der Waals surface area contributed by atoms with Gasteiger partial charge in [0.15, 0.2) is 0 Å². The minimum atomic E-state index is -0.788. The van der Waals surface area contributed by atoms with E-state index < -0.39 is 5.97 Å². The van der Waals surface area contributed by atoms with E-state index in [4.69, 9.17) is 5.11 Å². The molecule has 96 valence electrons. The third kappa shape index (κ3) is 3.96. The second-order valence-electron chi connectivity index (χ2n) is 4.52. The summed E-state index contributed by atoms with van der Waals surface area (Å²) in [5.41, 5.74) is 0. The van der Waals surface area contributed by atoms with Crippen LogP contribution in [0.4, 0.5) is 5.13 Å². The minimum absolute atomic E-state index is 0.120. The highest BCUT2D eigenvalue weighted by Crippen LogP contribution is 2.23. The maximum atomic E-state index is 10.6. The molecule has 0 saturated carbocycles. The maximum absolute atomic E-state index is 10.6. The van der Waals surface area contributed by atoms with Gasteiger partial charge in [0.2, 0.25) is 5.13 Å². The Balaban J connectivity index is 2.78. The molecule has 0 aliphatic rings. The van der Waals surface area contributed by atoms with Crippen LogP contribution in [0, 0.1) is 0 Å². The molecule has 1 aromatic rings. The summed E-state index contributed by atoms with van der Waals surface area (Å²) in [6, 6.07) is 0.224. The van der Waals surface area contributed by atoms with Crippen molar-refractivity contribution in [3.8, 4) is 0 Å². The quantitative estimate of drug-likeness (QED) is 0.847. The maximum Gasteiger partial charge on any atom is 0.305 e. The molecule has 0 saturated heterocycles. The van der Waals surface area contributed by atoms with Gasteiger partial charge < -0.3 is 10.0 Å². The summed E-state index contributed by atoms with van der Waals surface area (Å²) in [5.74, 6) is 0.337. The van der Waals surface area contributed by atoms with Crippen molar-refractivity contribution in [1.29, 1.82) is 0 Å². The number of hydrogen-bond acceptors (Lipinski definition) is 5. The molecule has 0 aliphatic carbocycles. The summed E-state index contributed by atoms with van der Waals surface area (Å²) in [6.45, 7) is 8.61. The Morgan fingerprint density at radius 1 is 1.41 bits per heavy atom. The first-order valence-electron chi connectivity index (χ1n) is 5.73. The standard InChI is InChI=1S/C11H19N3O2S/c1-7(2)10-12-11(17-13-10)14(8(3)4)6-5-9(15)16/h7-8H,5-6H2,1-4H3,(H,15,16). The fourth-order valence-electron chi connectivity index (χ4n) is 1.37. The van der Waals surface area contributed by atoms with Crippen LogP contribution in [0.5, 0.6) is 0 Å². The zero-order valence-corrected chi connectivity index (χ0v) is 11.5. The van der Waals surface area contributed by atoms with Gasteiger partial charge in [0.1, 0.15) is 5.82 Å². The van der Waals surface area contributed by atoms with Gasteiger partial charge >= 0.3 is 5.97 Å². The van der Waals surface area contributed by atoms with Crippen molar-refractivity contribution < 1.29 is 9.90 Å². The normalized spacial score (nSPS) is 11.2. The molecule has 0 atom stereocenters. The molecular weight excluding hydrogens is 238 g/mol. The van der Waals surface area contributed by atoms with Crippen molar-refractivity contribution in [2.75, 3.05) is 11.4 Å². The van der Waals surface area contributed by atoms with Crippen LogP contribution < -0.4 is 4.90 Å². The second-order valence-corrected chi connectivity index (χ2v) is 5.25. The van der Waals surface area contributed by atoms with E-state index in [9.17, 15) is 4.79 Å². The highest BCUT2D eigenvalue weighted by Gasteiger charge is 2.17. The average molecular weight is 257 g/mol. The Kier molecular flexibility index (Phi) is 4.86. The monoisotopic (exact) mass is 257 g/mol. The number of aromatic nitrogens is 2. The number of carbonyl (C=O) groups is 1. The predicted molar refractivity (Wildman–Crippen MR) is 68.7 cm³/mol. The minimum Gasteiger partial charge on any atom is -0.481 e. The molecule has 0 aromatic carbocycles. The molecule has 0 radical (unpaired) electrons. The van der Waals surface area contributed by atoms with Crippen molar-refractivity contribution in [2.45, 2.75) is 46.1 Å². The molecule has 0 spiro atoms. The van der Waals surface area contributed by atoms with Crippen LogP contribution in [-0.4, -0.2) is 33.0 Å². The van der Waals surface area contributed by atoms with Crippen molar-refractivity contribution in [3.05, 3.63) is 5.82 Å². The van der Waals surface area contributed by atoms with Crippen molar-refractivity contribution in [3.63, 3.8) is 0 Å². The van der Waals surface area contributed by atoms with Crippen molar-refractivity contribution in [2.24, 2.45) is 0 Å².